The lowest BCUT2D eigenvalue weighted by Gasteiger charge is -2.30. The van der Waals surface area contributed by atoms with Crippen LogP contribution in [-0.2, 0) is 11.8 Å². The molecular formula is C17H17N5O5. The number of carbonyl (C=O) groups is 1. The molecule has 1 fully saturated rings. The molecule has 0 spiro atoms. The van der Waals surface area contributed by atoms with Crippen molar-refractivity contribution in [3.8, 4) is 0 Å². The van der Waals surface area contributed by atoms with Gasteiger partial charge in [0.15, 0.2) is 5.76 Å². The van der Waals surface area contributed by atoms with Gasteiger partial charge in [0.2, 0.25) is 0 Å². The second kappa shape index (κ2) is 6.72. The molecule has 0 saturated carbocycles. The minimum atomic E-state index is -0.685. The number of benzene rings is 1. The van der Waals surface area contributed by atoms with E-state index in [-0.39, 0.29) is 5.76 Å². The lowest BCUT2D eigenvalue weighted by molar-refractivity contribution is -0.402. The molecule has 1 amide bonds. The summed E-state index contributed by atoms with van der Waals surface area (Å²) in [6.45, 7) is 2.58. The summed E-state index contributed by atoms with van der Waals surface area (Å²) in [6, 6.07) is 6.18. The fourth-order valence-electron chi connectivity index (χ4n) is 3.06. The Morgan fingerprint density at radius 3 is 2.78 bits per heavy atom. The second-order valence-corrected chi connectivity index (χ2v) is 6.16. The number of furan rings is 1. The third-order valence-corrected chi connectivity index (χ3v) is 4.44. The van der Waals surface area contributed by atoms with Crippen molar-refractivity contribution in [2.75, 3.05) is 36.5 Å². The fraction of sp³-hybridized carbons (Fsp3) is 0.294. The normalized spacial score (nSPS) is 14.5. The number of amides is 1. The number of ether oxygens (including phenoxy) is 1. The molecule has 0 bridgehead atoms. The standard InChI is InChI=1S/C17H17N5O5/c1-20-10-18-11-8-12(14(9-13(11)20)21-4-6-26-7-5-21)19-17(23)15-2-3-16(27-15)22(24)25/h2-3,8-10H,4-7H2,1H3,(H,19,23). The molecule has 2 aromatic heterocycles. The maximum atomic E-state index is 12.5. The van der Waals surface area contributed by atoms with Crippen molar-refractivity contribution in [2.45, 2.75) is 0 Å². The number of rotatable bonds is 4. The molecule has 1 N–H and O–H groups in total. The number of nitrogens with one attached hydrogen (secondary N) is 1. The first kappa shape index (κ1) is 17.0. The number of nitro groups is 1. The zero-order chi connectivity index (χ0) is 19.0. The smallest absolute Gasteiger partial charge is 0.395 e. The zero-order valence-corrected chi connectivity index (χ0v) is 14.5. The number of aromatic nitrogens is 2. The average Bonchev–Trinajstić information content (AvgIpc) is 3.30. The van der Waals surface area contributed by atoms with Crippen molar-refractivity contribution in [3.63, 3.8) is 0 Å². The molecule has 0 atom stereocenters. The second-order valence-electron chi connectivity index (χ2n) is 6.16. The summed E-state index contributed by atoms with van der Waals surface area (Å²) in [5.41, 5.74) is 3.06. The molecule has 1 aliphatic rings. The van der Waals surface area contributed by atoms with Crippen LogP contribution >= 0.6 is 0 Å². The van der Waals surface area contributed by atoms with Gasteiger partial charge in [0.05, 0.1) is 48.0 Å². The maximum absolute atomic E-state index is 12.5. The van der Waals surface area contributed by atoms with Crippen LogP contribution in [0.1, 0.15) is 10.6 Å². The summed E-state index contributed by atoms with van der Waals surface area (Å²) >= 11 is 0. The van der Waals surface area contributed by atoms with E-state index in [4.69, 9.17) is 9.15 Å². The van der Waals surface area contributed by atoms with E-state index < -0.39 is 16.7 Å². The number of hydrogen-bond donors (Lipinski definition) is 1. The molecule has 3 aromatic rings. The van der Waals surface area contributed by atoms with E-state index in [2.05, 4.69) is 15.2 Å². The molecule has 10 heteroatoms. The summed E-state index contributed by atoms with van der Waals surface area (Å²) in [6.07, 6.45) is 1.70. The van der Waals surface area contributed by atoms with Gasteiger partial charge in [-0.05, 0) is 18.2 Å². The Bertz CT molecular complexity index is 1020. The lowest BCUT2D eigenvalue weighted by Crippen LogP contribution is -2.36. The topological polar surface area (TPSA) is 116 Å². The Labute approximate surface area is 153 Å². The van der Waals surface area contributed by atoms with Gasteiger partial charge < -0.3 is 23.9 Å². The lowest BCUT2D eigenvalue weighted by atomic mass is 10.2. The molecular weight excluding hydrogens is 354 g/mol. The number of anilines is 2. The van der Waals surface area contributed by atoms with Gasteiger partial charge in [0, 0.05) is 20.1 Å². The van der Waals surface area contributed by atoms with Crippen molar-refractivity contribution in [1.82, 2.24) is 9.55 Å². The molecule has 1 aliphatic heterocycles. The van der Waals surface area contributed by atoms with Gasteiger partial charge in [-0.2, -0.15) is 0 Å². The first-order valence-electron chi connectivity index (χ1n) is 8.36. The Morgan fingerprint density at radius 1 is 1.30 bits per heavy atom. The molecule has 1 aromatic carbocycles. The minimum Gasteiger partial charge on any atom is -0.395 e. The number of imidazole rings is 1. The van der Waals surface area contributed by atoms with Gasteiger partial charge >= 0.3 is 5.88 Å². The van der Waals surface area contributed by atoms with Gasteiger partial charge in [-0.3, -0.25) is 14.9 Å². The Morgan fingerprint density at radius 2 is 2.07 bits per heavy atom. The van der Waals surface area contributed by atoms with Crippen LogP contribution < -0.4 is 10.2 Å². The minimum absolute atomic E-state index is 0.129. The molecule has 0 radical (unpaired) electrons. The number of fused-ring (bicyclic) bond motifs is 1. The summed E-state index contributed by atoms with van der Waals surface area (Å²) < 4.78 is 12.3. The first-order chi connectivity index (χ1) is 13.0. The summed E-state index contributed by atoms with van der Waals surface area (Å²) in [4.78, 5) is 29.1. The Kier molecular flexibility index (Phi) is 4.24. The largest absolute Gasteiger partial charge is 0.433 e. The third kappa shape index (κ3) is 3.22. The van der Waals surface area contributed by atoms with E-state index in [0.29, 0.717) is 32.0 Å². The number of morpholine rings is 1. The van der Waals surface area contributed by atoms with Crippen molar-refractivity contribution < 1.29 is 18.9 Å². The van der Waals surface area contributed by atoms with Crippen LogP contribution in [-0.4, -0.2) is 46.7 Å². The van der Waals surface area contributed by atoms with Crippen LogP contribution in [0.15, 0.2) is 35.0 Å². The van der Waals surface area contributed by atoms with Crippen molar-refractivity contribution >= 4 is 34.2 Å². The van der Waals surface area contributed by atoms with E-state index in [0.717, 1.165) is 22.8 Å². The molecule has 1 saturated heterocycles. The van der Waals surface area contributed by atoms with Crippen molar-refractivity contribution in [2.24, 2.45) is 7.05 Å². The van der Waals surface area contributed by atoms with Gasteiger partial charge in [-0.25, -0.2) is 4.98 Å². The first-order valence-corrected chi connectivity index (χ1v) is 8.36. The summed E-state index contributed by atoms with van der Waals surface area (Å²) in [7, 11) is 1.90. The highest BCUT2D eigenvalue weighted by Gasteiger charge is 2.21. The van der Waals surface area contributed by atoms with E-state index in [1.165, 1.54) is 6.07 Å². The van der Waals surface area contributed by atoms with Gasteiger partial charge in [0.25, 0.3) is 5.91 Å². The van der Waals surface area contributed by atoms with Crippen LogP contribution in [0.2, 0.25) is 0 Å². The van der Waals surface area contributed by atoms with Crippen LogP contribution in [0.25, 0.3) is 11.0 Å². The van der Waals surface area contributed by atoms with Gasteiger partial charge in [-0.15, -0.1) is 0 Å². The molecule has 140 valence electrons. The number of nitrogens with zero attached hydrogens (tertiary/aromatic N) is 4. The van der Waals surface area contributed by atoms with Crippen molar-refractivity contribution in [1.29, 1.82) is 0 Å². The highest BCUT2D eigenvalue weighted by Crippen LogP contribution is 2.32. The molecule has 4 rings (SSSR count). The Hall–Kier alpha value is -3.40. The van der Waals surface area contributed by atoms with Gasteiger partial charge in [0.1, 0.15) is 4.92 Å². The quantitative estimate of drug-likeness (QED) is 0.552. The highest BCUT2D eigenvalue weighted by molar-refractivity contribution is 6.06. The van der Waals surface area contributed by atoms with Crippen molar-refractivity contribution in [3.05, 3.63) is 46.5 Å². The van der Waals surface area contributed by atoms with E-state index in [1.54, 1.807) is 12.4 Å². The average molecular weight is 371 g/mol. The number of aryl methyl sites for hydroxylation is 1. The predicted molar refractivity (Wildman–Crippen MR) is 97.1 cm³/mol. The number of carbonyl (C=O) groups excluding carboxylic acids is 1. The monoisotopic (exact) mass is 371 g/mol. The summed E-state index contributed by atoms with van der Waals surface area (Å²) in [5, 5.41) is 13.5. The van der Waals surface area contributed by atoms with Gasteiger partial charge in [-0.1, -0.05) is 0 Å². The fourth-order valence-corrected chi connectivity index (χ4v) is 3.06. The zero-order valence-electron chi connectivity index (χ0n) is 14.5. The van der Waals surface area contributed by atoms with E-state index >= 15 is 0 Å². The number of hydrogen-bond acceptors (Lipinski definition) is 7. The van der Waals surface area contributed by atoms with Crippen LogP contribution in [0.3, 0.4) is 0 Å². The highest BCUT2D eigenvalue weighted by atomic mass is 16.6. The van der Waals surface area contributed by atoms with Crippen LogP contribution in [0, 0.1) is 10.1 Å². The predicted octanol–water partition coefficient (Wildman–Crippen LogP) is 2.16. The molecule has 27 heavy (non-hydrogen) atoms. The van der Waals surface area contributed by atoms with Crippen LogP contribution in [0.4, 0.5) is 17.3 Å². The third-order valence-electron chi connectivity index (χ3n) is 4.44. The maximum Gasteiger partial charge on any atom is 0.433 e. The Balaban J connectivity index is 1.70. The molecule has 0 aliphatic carbocycles. The molecule has 10 nitrogen and oxygen atoms in total. The SMILES string of the molecule is Cn1cnc2cc(NC(=O)c3ccc([N+](=O)[O-])o3)c(N3CCOCC3)cc21. The van der Waals surface area contributed by atoms with E-state index in [1.807, 2.05) is 17.7 Å². The molecule has 0 unspecified atom stereocenters. The molecule has 3 heterocycles. The summed E-state index contributed by atoms with van der Waals surface area (Å²) in [5.74, 6) is -1.17. The van der Waals surface area contributed by atoms with E-state index in [9.17, 15) is 14.9 Å². The van der Waals surface area contributed by atoms with Crippen LogP contribution in [0.5, 0.6) is 0 Å².